The van der Waals surface area contributed by atoms with E-state index in [1.165, 1.54) is 0 Å². The Labute approximate surface area is 145 Å². The van der Waals surface area contributed by atoms with E-state index in [1.54, 1.807) is 60.5 Å². The fourth-order valence-corrected chi connectivity index (χ4v) is 2.88. The van der Waals surface area contributed by atoms with E-state index in [0.717, 1.165) is 0 Å². The minimum Gasteiger partial charge on any atom is -0.497 e. The van der Waals surface area contributed by atoms with Gasteiger partial charge in [-0.1, -0.05) is 11.6 Å². The quantitative estimate of drug-likeness (QED) is 0.923. The first-order chi connectivity index (χ1) is 11.6. The lowest BCUT2D eigenvalue weighted by atomic mass is 10.2. The molecule has 0 aliphatic carbocycles. The lowest BCUT2D eigenvalue weighted by Crippen LogP contribution is -2.41. The van der Waals surface area contributed by atoms with E-state index in [0.29, 0.717) is 35.0 Å². The second-order valence-electron chi connectivity index (χ2n) is 5.51. The number of halogens is 1. The zero-order chi connectivity index (χ0) is 17.1. The standard InChI is InChI=1S/C18H17ClN2O3/c1-24-15-8-6-14(7-9-15)21-16(10-11-17(21)22)18(23)20-13-4-2-12(19)3-5-13/h2-9,16H,10-11H2,1H3,(H,20,23). The molecule has 2 amide bonds. The van der Waals surface area contributed by atoms with E-state index in [4.69, 9.17) is 16.3 Å². The van der Waals surface area contributed by atoms with Crippen molar-refractivity contribution < 1.29 is 14.3 Å². The van der Waals surface area contributed by atoms with Crippen LogP contribution in [0.1, 0.15) is 12.8 Å². The number of carbonyl (C=O) groups excluding carboxylic acids is 2. The largest absolute Gasteiger partial charge is 0.497 e. The predicted molar refractivity (Wildman–Crippen MR) is 93.6 cm³/mol. The molecular formula is C18H17ClN2O3. The summed E-state index contributed by atoms with van der Waals surface area (Å²) in [7, 11) is 1.58. The highest BCUT2D eigenvalue weighted by atomic mass is 35.5. The smallest absolute Gasteiger partial charge is 0.247 e. The third-order valence-electron chi connectivity index (χ3n) is 3.98. The maximum Gasteiger partial charge on any atom is 0.247 e. The molecule has 0 spiro atoms. The van der Waals surface area contributed by atoms with Crippen molar-refractivity contribution in [3.63, 3.8) is 0 Å². The highest BCUT2D eigenvalue weighted by Crippen LogP contribution is 2.29. The molecule has 0 bridgehead atoms. The first-order valence-corrected chi connectivity index (χ1v) is 7.99. The van der Waals surface area contributed by atoms with E-state index in [1.807, 2.05) is 0 Å². The lowest BCUT2D eigenvalue weighted by molar-refractivity contribution is -0.120. The fourth-order valence-electron chi connectivity index (χ4n) is 2.76. The molecule has 0 aromatic heterocycles. The van der Waals surface area contributed by atoms with Crippen LogP contribution in [0.2, 0.25) is 5.02 Å². The van der Waals surface area contributed by atoms with Gasteiger partial charge in [-0.05, 0) is 55.0 Å². The Morgan fingerprint density at radius 1 is 1.17 bits per heavy atom. The van der Waals surface area contributed by atoms with Crippen LogP contribution < -0.4 is 15.0 Å². The van der Waals surface area contributed by atoms with Crippen molar-refractivity contribution in [3.8, 4) is 5.75 Å². The molecule has 1 fully saturated rings. The summed E-state index contributed by atoms with van der Waals surface area (Å²) in [5, 5.41) is 3.44. The van der Waals surface area contributed by atoms with E-state index < -0.39 is 6.04 Å². The number of hydrogen-bond donors (Lipinski definition) is 1. The van der Waals surface area contributed by atoms with Gasteiger partial charge < -0.3 is 10.1 Å². The third kappa shape index (κ3) is 3.36. The van der Waals surface area contributed by atoms with Crippen LogP contribution in [0.15, 0.2) is 48.5 Å². The van der Waals surface area contributed by atoms with Crippen LogP contribution in [0, 0.1) is 0 Å². The van der Waals surface area contributed by atoms with E-state index >= 15 is 0 Å². The lowest BCUT2D eigenvalue weighted by Gasteiger charge is -2.24. The molecule has 1 aliphatic heterocycles. The van der Waals surface area contributed by atoms with Gasteiger partial charge in [-0.3, -0.25) is 14.5 Å². The highest BCUT2D eigenvalue weighted by Gasteiger charge is 2.37. The molecule has 0 saturated carbocycles. The molecule has 1 heterocycles. The van der Waals surface area contributed by atoms with Crippen molar-refractivity contribution in [2.24, 2.45) is 0 Å². The van der Waals surface area contributed by atoms with Gasteiger partial charge in [0.05, 0.1) is 7.11 Å². The van der Waals surface area contributed by atoms with Crippen molar-refractivity contribution >= 4 is 34.8 Å². The molecule has 5 nitrogen and oxygen atoms in total. The molecule has 1 N–H and O–H groups in total. The number of rotatable bonds is 4. The molecule has 2 aromatic carbocycles. The van der Waals surface area contributed by atoms with Gasteiger partial charge in [0.25, 0.3) is 0 Å². The van der Waals surface area contributed by atoms with Gasteiger partial charge >= 0.3 is 0 Å². The molecule has 1 atom stereocenters. The summed E-state index contributed by atoms with van der Waals surface area (Å²) in [4.78, 5) is 26.4. The second kappa shape index (κ2) is 6.93. The van der Waals surface area contributed by atoms with Crippen LogP contribution in [0.4, 0.5) is 11.4 Å². The average Bonchev–Trinajstić information content (AvgIpc) is 2.99. The van der Waals surface area contributed by atoms with Gasteiger partial charge in [-0.15, -0.1) is 0 Å². The summed E-state index contributed by atoms with van der Waals surface area (Å²) in [5.41, 5.74) is 1.34. The van der Waals surface area contributed by atoms with Crippen molar-refractivity contribution in [1.82, 2.24) is 0 Å². The minimum absolute atomic E-state index is 0.0589. The first kappa shape index (κ1) is 16.3. The summed E-state index contributed by atoms with van der Waals surface area (Å²) in [6.07, 6.45) is 0.842. The molecule has 0 radical (unpaired) electrons. The summed E-state index contributed by atoms with van der Waals surface area (Å²) in [6.45, 7) is 0. The van der Waals surface area contributed by atoms with Crippen LogP contribution in [0.25, 0.3) is 0 Å². The Morgan fingerprint density at radius 3 is 2.46 bits per heavy atom. The van der Waals surface area contributed by atoms with Crippen LogP contribution in [0.5, 0.6) is 5.75 Å². The molecule has 2 aromatic rings. The number of ether oxygens (including phenoxy) is 1. The molecule has 124 valence electrons. The van der Waals surface area contributed by atoms with Gasteiger partial charge in [0, 0.05) is 22.8 Å². The Morgan fingerprint density at radius 2 is 1.83 bits per heavy atom. The molecule has 6 heteroatoms. The molecule has 3 rings (SSSR count). The summed E-state index contributed by atoms with van der Waals surface area (Å²) >= 11 is 5.85. The Hall–Kier alpha value is -2.53. The van der Waals surface area contributed by atoms with Gasteiger partial charge in [0.2, 0.25) is 11.8 Å². The number of nitrogens with zero attached hydrogens (tertiary/aromatic N) is 1. The third-order valence-corrected chi connectivity index (χ3v) is 4.23. The van der Waals surface area contributed by atoms with Crippen LogP contribution >= 0.6 is 11.6 Å². The molecular weight excluding hydrogens is 328 g/mol. The van der Waals surface area contributed by atoms with Crippen molar-refractivity contribution in [2.75, 3.05) is 17.3 Å². The number of hydrogen-bond acceptors (Lipinski definition) is 3. The average molecular weight is 345 g/mol. The molecule has 1 aliphatic rings. The van der Waals surface area contributed by atoms with E-state index in [9.17, 15) is 9.59 Å². The van der Waals surface area contributed by atoms with Gasteiger partial charge in [-0.25, -0.2) is 0 Å². The predicted octanol–water partition coefficient (Wildman–Crippen LogP) is 3.48. The van der Waals surface area contributed by atoms with Crippen LogP contribution in [-0.4, -0.2) is 25.0 Å². The van der Waals surface area contributed by atoms with E-state index in [2.05, 4.69) is 5.32 Å². The second-order valence-corrected chi connectivity index (χ2v) is 5.95. The van der Waals surface area contributed by atoms with E-state index in [-0.39, 0.29) is 11.8 Å². The maximum absolute atomic E-state index is 12.6. The number of anilines is 2. The van der Waals surface area contributed by atoms with Crippen LogP contribution in [-0.2, 0) is 9.59 Å². The molecule has 24 heavy (non-hydrogen) atoms. The zero-order valence-electron chi connectivity index (χ0n) is 13.2. The zero-order valence-corrected chi connectivity index (χ0v) is 13.9. The highest BCUT2D eigenvalue weighted by molar-refractivity contribution is 6.30. The number of methoxy groups -OCH3 is 1. The van der Waals surface area contributed by atoms with Crippen molar-refractivity contribution in [2.45, 2.75) is 18.9 Å². The van der Waals surface area contributed by atoms with Gasteiger partial charge in [-0.2, -0.15) is 0 Å². The topological polar surface area (TPSA) is 58.6 Å². The Kier molecular flexibility index (Phi) is 4.71. The van der Waals surface area contributed by atoms with Gasteiger partial charge in [0.1, 0.15) is 11.8 Å². The molecule has 1 saturated heterocycles. The van der Waals surface area contributed by atoms with Crippen molar-refractivity contribution in [1.29, 1.82) is 0 Å². The fraction of sp³-hybridized carbons (Fsp3) is 0.222. The summed E-state index contributed by atoms with van der Waals surface area (Å²) in [6, 6.07) is 13.5. The number of benzene rings is 2. The summed E-state index contributed by atoms with van der Waals surface area (Å²) < 4.78 is 5.13. The van der Waals surface area contributed by atoms with Gasteiger partial charge in [0.15, 0.2) is 0 Å². The summed E-state index contributed by atoms with van der Waals surface area (Å²) in [5.74, 6) is 0.433. The Bertz CT molecular complexity index is 744. The van der Waals surface area contributed by atoms with Crippen molar-refractivity contribution in [3.05, 3.63) is 53.6 Å². The maximum atomic E-state index is 12.6. The number of nitrogens with one attached hydrogen (secondary N) is 1. The first-order valence-electron chi connectivity index (χ1n) is 7.61. The SMILES string of the molecule is COc1ccc(N2C(=O)CCC2C(=O)Nc2ccc(Cl)cc2)cc1. The number of carbonyl (C=O) groups is 2. The Balaban J connectivity index is 1.78. The van der Waals surface area contributed by atoms with Crippen LogP contribution in [0.3, 0.4) is 0 Å². The minimum atomic E-state index is -0.526. The normalized spacial score (nSPS) is 17.0. The number of amides is 2. The molecule has 1 unspecified atom stereocenters. The monoisotopic (exact) mass is 344 g/mol.